The summed E-state index contributed by atoms with van der Waals surface area (Å²) in [6.45, 7) is 2.88. The molecule has 0 spiro atoms. The van der Waals surface area contributed by atoms with Gasteiger partial charge in [-0.05, 0) is 42.0 Å². The Bertz CT molecular complexity index is 915. The van der Waals surface area contributed by atoms with Crippen molar-refractivity contribution in [3.8, 4) is 0 Å². The van der Waals surface area contributed by atoms with Crippen molar-refractivity contribution in [1.29, 1.82) is 0 Å². The predicted octanol–water partition coefficient (Wildman–Crippen LogP) is 5.10. The molecule has 4 rings (SSSR count). The summed E-state index contributed by atoms with van der Waals surface area (Å²) in [4.78, 5) is 15.2. The van der Waals surface area contributed by atoms with Crippen molar-refractivity contribution in [3.63, 3.8) is 0 Å². The molecule has 1 amide bonds. The van der Waals surface area contributed by atoms with E-state index < -0.39 is 0 Å². The van der Waals surface area contributed by atoms with Crippen LogP contribution < -0.4 is 0 Å². The highest BCUT2D eigenvalue weighted by Gasteiger charge is 2.31. The first-order chi connectivity index (χ1) is 13.2. The molecule has 27 heavy (non-hydrogen) atoms. The van der Waals surface area contributed by atoms with Gasteiger partial charge in [0.1, 0.15) is 0 Å². The molecule has 1 heterocycles. The lowest BCUT2D eigenvalue weighted by Crippen LogP contribution is -2.40. The molecular weight excluding hydrogens is 330 g/mol. The van der Waals surface area contributed by atoms with E-state index in [9.17, 15) is 4.79 Å². The number of fused-ring (bicyclic) bond motifs is 1. The number of carbonyl (C=O) groups is 1. The number of amides is 1. The van der Waals surface area contributed by atoms with Crippen LogP contribution in [0, 0.1) is 6.92 Å². The summed E-state index contributed by atoms with van der Waals surface area (Å²) in [5, 5.41) is 0. The maximum Gasteiger partial charge on any atom is 0.223 e. The minimum absolute atomic E-state index is 0.0128. The molecular formula is C25H25NO. The Balaban J connectivity index is 1.62. The molecule has 2 heteroatoms. The molecule has 0 saturated carbocycles. The lowest BCUT2D eigenvalue weighted by Gasteiger charge is -2.38. The van der Waals surface area contributed by atoms with Crippen LogP contribution in [0.2, 0.25) is 0 Å². The quantitative estimate of drug-likeness (QED) is 0.637. The van der Waals surface area contributed by atoms with Gasteiger partial charge in [0.05, 0.1) is 6.04 Å². The Morgan fingerprint density at radius 2 is 1.63 bits per heavy atom. The maximum absolute atomic E-state index is 13.2. The highest BCUT2D eigenvalue weighted by molar-refractivity contribution is 5.78. The van der Waals surface area contributed by atoms with Crippen LogP contribution in [-0.4, -0.2) is 17.4 Å². The first kappa shape index (κ1) is 17.5. The van der Waals surface area contributed by atoms with Gasteiger partial charge in [-0.25, -0.2) is 0 Å². The van der Waals surface area contributed by atoms with E-state index in [0.717, 1.165) is 19.4 Å². The van der Waals surface area contributed by atoms with Crippen molar-refractivity contribution in [2.75, 3.05) is 6.54 Å². The summed E-state index contributed by atoms with van der Waals surface area (Å²) in [5.74, 6) is 0.235. The molecule has 136 valence electrons. The molecule has 3 aromatic rings. The SMILES string of the molecule is Cc1ccc([C@H]2c3ccccc3CCN2C(=O)CCc2ccccc2)cc1. The van der Waals surface area contributed by atoms with E-state index in [0.29, 0.717) is 6.42 Å². The summed E-state index contributed by atoms with van der Waals surface area (Å²) in [7, 11) is 0. The number of benzene rings is 3. The first-order valence-corrected chi connectivity index (χ1v) is 9.70. The number of hydrogen-bond acceptors (Lipinski definition) is 1. The zero-order valence-corrected chi connectivity index (χ0v) is 15.8. The molecule has 2 nitrogen and oxygen atoms in total. The molecule has 0 aliphatic carbocycles. The molecule has 0 aromatic heterocycles. The molecule has 3 aromatic carbocycles. The van der Waals surface area contributed by atoms with Gasteiger partial charge in [-0.15, -0.1) is 0 Å². The van der Waals surface area contributed by atoms with E-state index in [1.165, 1.54) is 27.8 Å². The second-order valence-electron chi connectivity index (χ2n) is 7.33. The van der Waals surface area contributed by atoms with Crippen molar-refractivity contribution >= 4 is 5.91 Å². The third kappa shape index (κ3) is 3.80. The third-order valence-corrected chi connectivity index (χ3v) is 5.47. The average Bonchev–Trinajstić information content (AvgIpc) is 2.72. The second kappa shape index (κ2) is 7.79. The van der Waals surface area contributed by atoms with Gasteiger partial charge in [0.15, 0.2) is 0 Å². The van der Waals surface area contributed by atoms with Crippen LogP contribution >= 0.6 is 0 Å². The van der Waals surface area contributed by atoms with Gasteiger partial charge in [0, 0.05) is 13.0 Å². The number of carbonyl (C=O) groups excluding carboxylic acids is 1. The maximum atomic E-state index is 13.2. The van der Waals surface area contributed by atoms with E-state index in [4.69, 9.17) is 0 Å². The largest absolute Gasteiger partial charge is 0.331 e. The van der Waals surface area contributed by atoms with E-state index in [1.807, 2.05) is 18.2 Å². The van der Waals surface area contributed by atoms with Crippen molar-refractivity contribution in [1.82, 2.24) is 4.90 Å². The summed E-state index contributed by atoms with van der Waals surface area (Å²) >= 11 is 0. The zero-order valence-electron chi connectivity index (χ0n) is 15.8. The topological polar surface area (TPSA) is 20.3 Å². The molecule has 0 saturated heterocycles. The summed E-state index contributed by atoms with van der Waals surface area (Å²) in [5.41, 5.74) is 6.27. The Kier molecular flexibility index (Phi) is 5.06. The van der Waals surface area contributed by atoms with Gasteiger partial charge < -0.3 is 4.90 Å². The van der Waals surface area contributed by atoms with E-state index >= 15 is 0 Å². The molecule has 0 bridgehead atoms. The van der Waals surface area contributed by atoms with Gasteiger partial charge in [-0.3, -0.25) is 4.79 Å². The summed E-state index contributed by atoms with van der Waals surface area (Å²) < 4.78 is 0. The van der Waals surface area contributed by atoms with Crippen LogP contribution in [0.3, 0.4) is 0 Å². The molecule has 0 fully saturated rings. The van der Waals surface area contributed by atoms with E-state index in [2.05, 4.69) is 72.5 Å². The fraction of sp³-hybridized carbons (Fsp3) is 0.240. The van der Waals surface area contributed by atoms with Crippen molar-refractivity contribution in [2.45, 2.75) is 32.2 Å². The summed E-state index contributed by atoms with van der Waals surface area (Å²) in [6, 6.07) is 27.4. The smallest absolute Gasteiger partial charge is 0.223 e. The minimum Gasteiger partial charge on any atom is -0.331 e. The highest BCUT2D eigenvalue weighted by Crippen LogP contribution is 2.35. The summed E-state index contributed by atoms with van der Waals surface area (Å²) in [6.07, 6.45) is 2.27. The number of rotatable bonds is 4. The van der Waals surface area contributed by atoms with Gasteiger partial charge in [0.2, 0.25) is 5.91 Å². The Hall–Kier alpha value is -2.87. The van der Waals surface area contributed by atoms with Crippen LogP contribution in [0.1, 0.15) is 40.3 Å². The van der Waals surface area contributed by atoms with E-state index in [-0.39, 0.29) is 11.9 Å². The molecule has 0 radical (unpaired) electrons. The highest BCUT2D eigenvalue weighted by atomic mass is 16.2. The van der Waals surface area contributed by atoms with Crippen LogP contribution in [-0.2, 0) is 17.6 Å². The van der Waals surface area contributed by atoms with Crippen LogP contribution in [0.4, 0.5) is 0 Å². The normalized spacial score (nSPS) is 16.0. The minimum atomic E-state index is 0.0128. The van der Waals surface area contributed by atoms with Crippen molar-refractivity contribution in [2.24, 2.45) is 0 Å². The second-order valence-corrected chi connectivity index (χ2v) is 7.33. The van der Waals surface area contributed by atoms with Gasteiger partial charge in [-0.2, -0.15) is 0 Å². The lowest BCUT2D eigenvalue weighted by atomic mass is 9.87. The number of aryl methyl sites for hydroxylation is 2. The molecule has 1 aliphatic heterocycles. The monoisotopic (exact) mass is 355 g/mol. The number of nitrogens with zero attached hydrogens (tertiary/aromatic N) is 1. The molecule has 1 aliphatic rings. The fourth-order valence-electron chi connectivity index (χ4n) is 3.98. The van der Waals surface area contributed by atoms with E-state index in [1.54, 1.807) is 0 Å². The lowest BCUT2D eigenvalue weighted by molar-refractivity contribution is -0.133. The van der Waals surface area contributed by atoms with Crippen molar-refractivity contribution < 1.29 is 4.79 Å². The van der Waals surface area contributed by atoms with Crippen LogP contribution in [0.25, 0.3) is 0 Å². The number of hydrogen-bond donors (Lipinski definition) is 0. The average molecular weight is 355 g/mol. The Labute approximate surface area is 161 Å². The zero-order chi connectivity index (χ0) is 18.6. The van der Waals surface area contributed by atoms with Gasteiger partial charge in [0.25, 0.3) is 0 Å². The first-order valence-electron chi connectivity index (χ1n) is 9.70. The molecule has 0 unspecified atom stereocenters. The predicted molar refractivity (Wildman–Crippen MR) is 110 cm³/mol. The van der Waals surface area contributed by atoms with Crippen LogP contribution in [0.15, 0.2) is 78.9 Å². The Morgan fingerprint density at radius 1 is 0.926 bits per heavy atom. The standard InChI is InChI=1S/C25H25NO/c1-19-11-14-22(15-12-19)25-23-10-6-5-9-21(23)17-18-26(25)24(27)16-13-20-7-3-2-4-8-20/h2-12,14-15,25H,13,16-18H2,1H3/t25-/m0/s1. The van der Waals surface area contributed by atoms with Crippen LogP contribution in [0.5, 0.6) is 0 Å². The van der Waals surface area contributed by atoms with Gasteiger partial charge in [-0.1, -0.05) is 84.4 Å². The molecule has 0 N–H and O–H groups in total. The van der Waals surface area contributed by atoms with Crippen molar-refractivity contribution in [3.05, 3.63) is 107 Å². The van der Waals surface area contributed by atoms with Gasteiger partial charge >= 0.3 is 0 Å². The fourth-order valence-corrected chi connectivity index (χ4v) is 3.98. The third-order valence-electron chi connectivity index (χ3n) is 5.47. The Morgan fingerprint density at radius 3 is 2.41 bits per heavy atom. The molecule has 1 atom stereocenters.